The first-order valence-corrected chi connectivity index (χ1v) is 8.49. The third-order valence-electron chi connectivity index (χ3n) is 3.83. The van der Waals surface area contributed by atoms with Crippen molar-refractivity contribution in [1.29, 1.82) is 0 Å². The molecule has 3 aromatic rings. The predicted octanol–water partition coefficient (Wildman–Crippen LogP) is 3.21. The maximum atomic E-state index is 12.5. The van der Waals surface area contributed by atoms with Crippen molar-refractivity contribution in [2.75, 3.05) is 10.0 Å². The van der Waals surface area contributed by atoms with Gasteiger partial charge in [0.1, 0.15) is 0 Å². The van der Waals surface area contributed by atoms with Gasteiger partial charge < -0.3 is 5.32 Å². The van der Waals surface area contributed by atoms with Gasteiger partial charge in [-0.1, -0.05) is 30.3 Å². The zero-order chi connectivity index (χ0) is 16.0. The molecule has 0 radical (unpaired) electrons. The maximum Gasteiger partial charge on any atom is 0.261 e. The Morgan fingerprint density at radius 2 is 1.65 bits per heavy atom. The Morgan fingerprint density at radius 1 is 0.870 bits per heavy atom. The molecule has 1 aliphatic heterocycles. The number of benzene rings is 3. The van der Waals surface area contributed by atoms with Crippen molar-refractivity contribution in [3.05, 3.63) is 66.2 Å². The van der Waals surface area contributed by atoms with Crippen molar-refractivity contribution in [3.8, 4) is 0 Å². The van der Waals surface area contributed by atoms with Crippen LogP contribution in [-0.2, 0) is 10.0 Å². The van der Waals surface area contributed by atoms with E-state index in [1.807, 2.05) is 0 Å². The summed E-state index contributed by atoms with van der Waals surface area (Å²) in [6, 6.07) is 16.8. The van der Waals surface area contributed by atoms with Crippen molar-refractivity contribution >= 4 is 38.1 Å². The molecular weight excluding hydrogens is 312 g/mol. The van der Waals surface area contributed by atoms with Gasteiger partial charge in [0.2, 0.25) is 0 Å². The number of hydrogen-bond donors (Lipinski definition) is 2. The first kappa shape index (κ1) is 13.8. The van der Waals surface area contributed by atoms with Gasteiger partial charge in [-0.3, -0.25) is 9.52 Å². The second kappa shape index (κ2) is 4.82. The Kier molecular flexibility index (Phi) is 2.89. The average molecular weight is 324 g/mol. The van der Waals surface area contributed by atoms with Gasteiger partial charge in [0.25, 0.3) is 15.9 Å². The van der Waals surface area contributed by atoms with Crippen molar-refractivity contribution in [2.45, 2.75) is 4.90 Å². The van der Waals surface area contributed by atoms with Crippen LogP contribution in [0.4, 0.5) is 11.4 Å². The van der Waals surface area contributed by atoms with E-state index in [-0.39, 0.29) is 10.8 Å². The molecular formula is C17H12N2O3S. The summed E-state index contributed by atoms with van der Waals surface area (Å²) in [6.45, 7) is 0. The van der Waals surface area contributed by atoms with E-state index in [9.17, 15) is 13.2 Å². The van der Waals surface area contributed by atoms with Crippen LogP contribution in [0.1, 0.15) is 10.4 Å². The number of nitrogens with one attached hydrogen (secondary N) is 2. The Hall–Kier alpha value is -2.86. The smallest absolute Gasteiger partial charge is 0.261 e. The molecule has 0 aliphatic carbocycles. The highest BCUT2D eigenvalue weighted by molar-refractivity contribution is 7.92. The second-order valence-electron chi connectivity index (χ2n) is 5.26. The van der Waals surface area contributed by atoms with Crippen LogP contribution >= 0.6 is 0 Å². The van der Waals surface area contributed by atoms with Crippen LogP contribution in [0, 0.1) is 0 Å². The van der Waals surface area contributed by atoms with Crippen molar-refractivity contribution in [2.24, 2.45) is 0 Å². The highest BCUT2D eigenvalue weighted by Crippen LogP contribution is 2.37. The second-order valence-corrected chi connectivity index (χ2v) is 6.94. The van der Waals surface area contributed by atoms with E-state index >= 15 is 0 Å². The van der Waals surface area contributed by atoms with E-state index in [0.717, 1.165) is 5.39 Å². The third kappa shape index (κ3) is 2.15. The molecule has 0 unspecified atom stereocenters. The lowest BCUT2D eigenvalue weighted by Gasteiger charge is -2.11. The zero-order valence-corrected chi connectivity index (χ0v) is 12.7. The number of sulfonamides is 1. The van der Waals surface area contributed by atoms with E-state index in [2.05, 4.69) is 10.0 Å². The Bertz CT molecular complexity index is 1040. The number of amides is 1. The van der Waals surface area contributed by atoms with Gasteiger partial charge in [0.05, 0.1) is 10.6 Å². The molecule has 0 fully saturated rings. The first-order chi connectivity index (χ1) is 11.1. The zero-order valence-electron chi connectivity index (χ0n) is 11.9. The lowest BCUT2D eigenvalue weighted by molar-refractivity contribution is 0.103. The minimum absolute atomic E-state index is 0.173. The standard InChI is InChI=1S/C17H12N2O3S/c20-17-13-8-4-7-12-14(9-10-15(18-17)16(12)13)19-23(21,22)11-5-2-1-3-6-11/h1-10,19H,(H,18,20). The average Bonchev–Trinajstić information content (AvgIpc) is 2.89. The number of carbonyl (C=O) groups is 1. The normalized spacial score (nSPS) is 13.1. The van der Waals surface area contributed by atoms with Crippen molar-refractivity contribution in [1.82, 2.24) is 0 Å². The van der Waals surface area contributed by atoms with E-state index in [4.69, 9.17) is 0 Å². The van der Waals surface area contributed by atoms with Gasteiger partial charge in [-0.25, -0.2) is 8.42 Å². The highest BCUT2D eigenvalue weighted by Gasteiger charge is 2.23. The maximum absolute atomic E-state index is 12.5. The molecule has 0 saturated heterocycles. The van der Waals surface area contributed by atoms with Crippen LogP contribution in [-0.4, -0.2) is 14.3 Å². The molecule has 0 spiro atoms. The molecule has 0 atom stereocenters. The summed E-state index contributed by atoms with van der Waals surface area (Å²) in [5.41, 5.74) is 1.70. The van der Waals surface area contributed by atoms with Gasteiger partial charge in [-0.2, -0.15) is 0 Å². The monoisotopic (exact) mass is 324 g/mol. The van der Waals surface area contributed by atoms with E-state index < -0.39 is 10.0 Å². The molecule has 2 N–H and O–H groups in total. The Morgan fingerprint density at radius 3 is 2.43 bits per heavy atom. The molecule has 0 bridgehead atoms. The van der Waals surface area contributed by atoms with Crippen LogP contribution < -0.4 is 10.0 Å². The number of anilines is 2. The lowest BCUT2D eigenvalue weighted by Crippen LogP contribution is -2.13. The van der Waals surface area contributed by atoms with E-state index in [1.165, 1.54) is 12.1 Å². The van der Waals surface area contributed by atoms with Gasteiger partial charge >= 0.3 is 0 Å². The molecule has 1 heterocycles. The minimum atomic E-state index is -3.68. The SMILES string of the molecule is O=C1Nc2ccc(NS(=O)(=O)c3ccccc3)c3cccc1c23. The molecule has 1 aliphatic rings. The van der Waals surface area contributed by atoms with Crippen LogP contribution in [0.5, 0.6) is 0 Å². The first-order valence-electron chi connectivity index (χ1n) is 7.01. The van der Waals surface area contributed by atoms with Crippen LogP contribution in [0.25, 0.3) is 10.8 Å². The van der Waals surface area contributed by atoms with E-state index in [1.54, 1.807) is 48.5 Å². The Balaban J connectivity index is 1.86. The van der Waals surface area contributed by atoms with Gasteiger partial charge in [0.15, 0.2) is 0 Å². The van der Waals surface area contributed by atoms with Crippen LogP contribution in [0.2, 0.25) is 0 Å². The fourth-order valence-electron chi connectivity index (χ4n) is 2.78. The van der Waals surface area contributed by atoms with Crippen molar-refractivity contribution in [3.63, 3.8) is 0 Å². The number of carbonyl (C=O) groups excluding carboxylic acids is 1. The summed E-state index contributed by atoms with van der Waals surface area (Å²) in [5, 5.41) is 4.21. The summed E-state index contributed by atoms with van der Waals surface area (Å²) in [4.78, 5) is 12.1. The number of rotatable bonds is 3. The van der Waals surface area contributed by atoms with Crippen LogP contribution in [0.15, 0.2) is 65.6 Å². The molecule has 114 valence electrons. The molecule has 0 saturated carbocycles. The predicted molar refractivity (Wildman–Crippen MR) is 89.2 cm³/mol. The summed E-state index contributed by atoms with van der Waals surface area (Å²) < 4.78 is 27.6. The highest BCUT2D eigenvalue weighted by atomic mass is 32.2. The summed E-state index contributed by atoms with van der Waals surface area (Å²) in [5.74, 6) is -0.173. The van der Waals surface area contributed by atoms with Gasteiger partial charge in [-0.15, -0.1) is 0 Å². The molecule has 3 aromatic carbocycles. The third-order valence-corrected chi connectivity index (χ3v) is 5.21. The molecule has 1 amide bonds. The molecule has 23 heavy (non-hydrogen) atoms. The van der Waals surface area contributed by atoms with Gasteiger partial charge in [-0.05, 0) is 30.3 Å². The van der Waals surface area contributed by atoms with Crippen LogP contribution in [0.3, 0.4) is 0 Å². The van der Waals surface area contributed by atoms with Crippen molar-refractivity contribution < 1.29 is 13.2 Å². The van der Waals surface area contributed by atoms with Gasteiger partial charge in [0, 0.05) is 22.0 Å². The Labute approximate surface area is 133 Å². The molecule has 5 nitrogen and oxygen atoms in total. The van der Waals surface area contributed by atoms with E-state index in [0.29, 0.717) is 22.3 Å². The summed E-state index contributed by atoms with van der Waals surface area (Å²) in [7, 11) is -3.68. The topological polar surface area (TPSA) is 75.3 Å². The quantitative estimate of drug-likeness (QED) is 0.777. The number of hydrogen-bond acceptors (Lipinski definition) is 3. The fraction of sp³-hybridized carbons (Fsp3) is 0. The molecule has 6 heteroatoms. The lowest BCUT2D eigenvalue weighted by atomic mass is 10.0. The minimum Gasteiger partial charge on any atom is -0.321 e. The largest absolute Gasteiger partial charge is 0.321 e. The summed E-state index contributed by atoms with van der Waals surface area (Å²) in [6.07, 6.45) is 0. The summed E-state index contributed by atoms with van der Waals surface area (Å²) >= 11 is 0. The molecule has 4 rings (SSSR count). The molecule has 0 aromatic heterocycles. The fourth-order valence-corrected chi connectivity index (χ4v) is 3.88.